The molecule has 0 atom stereocenters. The van der Waals surface area contributed by atoms with Crippen molar-refractivity contribution in [1.82, 2.24) is 19.2 Å². The molecule has 8 nitrogen and oxygen atoms in total. The quantitative estimate of drug-likeness (QED) is 0.361. The standard InChI is InChI=1S/C30H28F2N4O4/c1-34-29(38)26-28(40-18-20-5-3-2-4-6-20)27(37)24(17-35(26)19-30(34)9-11-39-12-10-30)22-14-33-36(16-22)15-21-7-8-23(31)13-25(21)32/h2-8,13-14,16-17H,9-12,15,18-19H2,1H3. The molecule has 0 saturated carbocycles. The van der Waals surface area contributed by atoms with Gasteiger partial charge in [0.25, 0.3) is 5.91 Å². The zero-order valence-corrected chi connectivity index (χ0v) is 22.0. The number of nitrogens with zero attached hydrogens (tertiary/aromatic N) is 4. The van der Waals surface area contributed by atoms with Crippen LogP contribution in [0.15, 0.2) is 71.9 Å². The monoisotopic (exact) mass is 546 g/mol. The molecule has 2 aliphatic rings. The molecule has 0 unspecified atom stereocenters. The molecule has 1 amide bonds. The molecular formula is C30H28F2N4O4. The van der Waals surface area contributed by atoms with E-state index in [1.54, 1.807) is 24.3 Å². The highest BCUT2D eigenvalue weighted by Crippen LogP contribution is 2.37. The van der Waals surface area contributed by atoms with Crippen molar-refractivity contribution in [3.05, 3.63) is 106 Å². The second-order valence-electron chi connectivity index (χ2n) is 10.3. The number of amides is 1. The lowest BCUT2D eigenvalue weighted by Gasteiger charge is -2.48. The molecule has 4 heterocycles. The van der Waals surface area contributed by atoms with Crippen LogP contribution in [0.3, 0.4) is 0 Å². The average molecular weight is 547 g/mol. The first-order valence-electron chi connectivity index (χ1n) is 13.1. The topological polar surface area (TPSA) is 78.6 Å². The number of likely N-dealkylation sites (N-methyl/N-ethyl adjacent to an activating group) is 1. The number of fused-ring (bicyclic) bond motifs is 1. The Morgan fingerprint density at radius 1 is 1.05 bits per heavy atom. The van der Waals surface area contributed by atoms with Crippen LogP contribution in [0, 0.1) is 11.6 Å². The minimum atomic E-state index is -0.674. The van der Waals surface area contributed by atoms with E-state index >= 15 is 0 Å². The second-order valence-corrected chi connectivity index (χ2v) is 10.3. The summed E-state index contributed by atoms with van der Waals surface area (Å²) in [5.41, 5.74) is 1.29. The van der Waals surface area contributed by atoms with Gasteiger partial charge in [-0.3, -0.25) is 14.3 Å². The van der Waals surface area contributed by atoms with Crippen molar-refractivity contribution in [2.24, 2.45) is 0 Å². The van der Waals surface area contributed by atoms with E-state index in [9.17, 15) is 18.4 Å². The molecule has 0 radical (unpaired) electrons. The van der Waals surface area contributed by atoms with Gasteiger partial charge in [-0.2, -0.15) is 5.10 Å². The summed E-state index contributed by atoms with van der Waals surface area (Å²) in [6, 6.07) is 12.8. The molecular weight excluding hydrogens is 518 g/mol. The smallest absolute Gasteiger partial charge is 0.274 e. The maximum Gasteiger partial charge on any atom is 0.274 e. The first-order chi connectivity index (χ1) is 19.3. The third-order valence-electron chi connectivity index (χ3n) is 7.86. The largest absolute Gasteiger partial charge is 0.483 e. The third-order valence-corrected chi connectivity index (χ3v) is 7.86. The predicted octanol–water partition coefficient (Wildman–Crippen LogP) is 4.25. The third kappa shape index (κ3) is 4.68. The number of carbonyl (C=O) groups excluding carboxylic acids is 1. The van der Waals surface area contributed by atoms with Crippen LogP contribution in [-0.2, 0) is 24.4 Å². The van der Waals surface area contributed by atoms with Crippen LogP contribution in [-0.4, -0.2) is 51.0 Å². The summed E-state index contributed by atoms with van der Waals surface area (Å²) in [5.74, 6) is -1.62. The van der Waals surface area contributed by atoms with Crippen molar-refractivity contribution < 1.29 is 23.0 Å². The summed E-state index contributed by atoms with van der Waals surface area (Å²) in [7, 11) is 1.77. The van der Waals surface area contributed by atoms with Crippen LogP contribution in [0.25, 0.3) is 11.1 Å². The Hall–Kier alpha value is -4.31. The van der Waals surface area contributed by atoms with Crippen LogP contribution in [0.2, 0.25) is 0 Å². The summed E-state index contributed by atoms with van der Waals surface area (Å²) >= 11 is 0. The Labute approximate surface area is 229 Å². The van der Waals surface area contributed by atoms with Gasteiger partial charge in [-0.25, -0.2) is 8.78 Å². The van der Waals surface area contributed by atoms with Gasteiger partial charge in [-0.15, -0.1) is 0 Å². The molecule has 0 N–H and O–H groups in total. The molecule has 2 aromatic carbocycles. The van der Waals surface area contributed by atoms with Crippen molar-refractivity contribution in [2.45, 2.75) is 38.1 Å². The van der Waals surface area contributed by atoms with Gasteiger partial charge in [0.1, 0.15) is 18.2 Å². The zero-order valence-electron chi connectivity index (χ0n) is 22.0. The summed E-state index contributed by atoms with van der Waals surface area (Å²) in [6.45, 7) is 1.75. The van der Waals surface area contributed by atoms with E-state index in [1.165, 1.54) is 23.0 Å². The van der Waals surface area contributed by atoms with Crippen molar-refractivity contribution in [3.63, 3.8) is 0 Å². The number of rotatable bonds is 6. The Kier molecular flexibility index (Phi) is 6.71. The van der Waals surface area contributed by atoms with Gasteiger partial charge in [0.15, 0.2) is 11.4 Å². The first kappa shape index (κ1) is 25.9. The van der Waals surface area contributed by atoms with E-state index in [-0.39, 0.29) is 36.1 Å². The fourth-order valence-electron chi connectivity index (χ4n) is 5.51. The van der Waals surface area contributed by atoms with Crippen LogP contribution >= 0.6 is 0 Å². The van der Waals surface area contributed by atoms with Crippen molar-refractivity contribution >= 4 is 5.91 Å². The van der Waals surface area contributed by atoms with E-state index in [4.69, 9.17) is 9.47 Å². The highest BCUT2D eigenvalue weighted by atomic mass is 19.1. The second kappa shape index (κ2) is 10.3. The number of hydrogen-bond donors (Lipinski definition) is 0. The molecule has 2 aromatic heterocycles. The van der Waals surface area contributed by atoms with Gasteiger partial charge in [-0.05, 0) is 24.5 Å². The van der Waals surface area contributed by atoms with E-state index in [0.29, 0.717) is 43.7 Å². The van der Waals surface area contributed by atoms with Gasteiger partial charge in [0.05, 0.1) is 23.8 Å². The van der Waals surface area contributed by atoms with Crippen LogP contribution in [0.5, 0.6) is 5.75 Å². The molecule has 0 aliphatic carbocycles. The summed E-state index contributed by atoms with van der Waals surface area (Å²) in [6.07, 6.45) is 6.20. The maximum atomic E-state index is 14.2. The molecule has 40 heavy (non-hydrogen) atoms. The highest BCUT2D eigenvalue weighted by Gasteiger charge is 2.45. The van der Waals surface area contributed by atoms with Gasteiger partial charge < -0.3 is 18.9 Å². The van der Waals surface area contributed by atoms with Crippen molar-refractivity contribution in [2.75, 3.05) is 20.3 Å². The highest BCUT2D eigenvalue weighted by molar-refractivity contribution is 5.97. The lowest BCUT2D eigenvalue weighted by Crippen LogP contribution is -2.59. The van der Waals surface area contributed by atoms with Gasteiger partial charge in [0.2, 0.25) is 5.43 Å². The Morgan fingerprint density at radius 3 is 2.58 bits per heavy atom. The molecule has 206 valence electrons. The normalized spacial score (nSPS) is 16.3. The number of aromatic nitrogens is 3. The Morgan fingerprint density at radius 2 is 1.82 bits per heavy atom. The summed E-state index contributed by atoms with van der Waals surface area (Å²) in [4.78, 5) is 29.4. The van der Waals surface area contributed by atoms with Crippen molar-refractivity contribution in [3.8, 4) is 16.9 Å². The van der Waals surface area contributed by atoms with Crippen LogP contribution in [0.1, 0.15) is 34.5 Å². The number of halogens is 2. The van der Waals surface area contributed by atoms with Crippen LogP contribution in [0.4, 0.5) is 8.78 Å². The zero-order chi connectivity index (χ0) is 27.9. The predicted molar refractivity (Wildman–Crippen MR) is 143 cm³/mol. The molecule has 1 spiro atoms. The van der Waals surface area contributed by atoms with Crippen molar-refractivity contribution in [1.29, 1.82) is 0 Å². The Balaban J connectivity index is 1.41. The van der Waals surface area contributed by atoms with Gasteiger partial charge in [0, 0.05) is 56.4 Å². The fraction of sp³-hybridized carbons (Fsp3) is 0.300. The average Bonchev–Trinajstić information content (AvgIpc) is 3.42. The fourth-order valence-corrected chi connectivity index (χ4v) is 5.51. The first-order valence-corrected chi connectivity index (χ1v) is 13.1. The van der Waals surface area contributed by atoms with Gasteiger partial charge in [-0.1, -0.05) is 36.4 Å². The van der Waals surface area contributed by atoms with E-state index in [0.717, 1.165) is 11.6 Å². The molecule has 0 bridgehead atoms. The van der Waals surface area contributed by atoms with Crippen LogP contribution < -0.4 is 10.2 Å². The number of ether oxygens (including phenoxy) is 2. The molecule has 4 aromatic rings. The molecule has 6 rings (SSSR count). The summed E-state index contributed by atoms with van der Waals surface area (Å²) < 4.78 is 42.6. The number of hydrogen-bond acceptors (Lipinski definition) is 5. The van der Waals surface area contributed by atoms with E-state index in [2.05, 4.69) is 5.10 Å². The lowest BCUT2D eigenvalue weighted by molar-refractivity contribution is -0.0267. The molecule has 1 saturated heterocycles. The van der Waals surface area contributed by atoms with E-state index < -0.39 is 22.6 Å². The number of benzene rings is 2. The minimum absolute atomic E-state index is 0.0163. The summed E-state index contributed by atoms with van der Waals surface area (Å²) in [5, 5.41) is 4.31. The lowest BCUT2D eigenvalue weighted by atomic mass is 9.85. The molecule has 1 fully saturated rings. The van der Waals surface area contributed by atoms with E-state index in [1.807, 2.05) is 34.9 Å². The number of pyridine rings is 1. The number of carbonyl (C=O) groups is 1. The Bertz CT molecular complexity index is 1630. The van der Waals surface area contributed by atoms with Gasteiger partial charge >= 0.3 is 0 Å². The SMILES string of the molecule is CN1C(=O)c2c(OCc3ccccc3)c(=O)c(-c3cnn(Cc4ccc(F)cc4F)c3)cn2CC12CCOCC2. The minimum Gasteiger partial charge on any atom is -0.483 e. The molecule has 10 heteroatoms. The molecule has 2 aliphatic heterocycles. The maximum absolute atomic E-state index is 14.2.